The van der Waals surface area contributed by atoms with E-state index in [-0.39, 0.29) is 11.9 Å². The molecular formula is C20H27N3O3S. The summed E-state index contributed by atoms with van der Waals surface area (Å²) in [4.78, 5) is 26.2. The third-order valence-electron chi connectivity index (χ3n) is 4.53. The molecule has 2 rings (SSSR count). The fourth-order valence-corrected chi connectivity index (χ4v) is 3.13. The van der Waals surface area contributed by atoms with Gasteiger partial charge in [-0.15, -0.1) is 0 Å². The highest BCUT2D eigenvalue weighted by Crippen LogP contribution is 2.31. The van der Waals surface area contributed by atoms with Gasteiger partial charge in [-0.25, -0.2) is 4.79 Å². The van der Waals surface area contributed by atoms with Crippen molar-refractivity contribution < 1.29 is 14.3 Å². The first kappa shape index (κ1) is 20.9. The lowest BCUT2D eigenvalue weighted by atomic mass is 9.95. The molecule has 0 saturated carbocycles. The van der Waals surface area contributed by atoms with Crippen molar-refractivity contribution in [1.29, 1.82) is 0 Å². The Kier molecular flexibility index (Phi) is 7.36. The third-order valence-corrected chi connectivity index (χ3v) is 4.93. The van der Waals surface area contributed by atoms with Crippen molar-refractivity contribution in [2.24, 2.45) is 0 Å². The minimum absolute atomic E-state index is 0.00569. The van der Waals surface area contributed by atoms with E-state index < -0.39 is 6.04 Å². The number of anilines is 1. The first-order valence-corrected chi connectivity index (χ1v) is 9.61. The summed E-state index contributed by atoms with van der Waals surface area (Å²) in [7, 11) is 1.81. The van der Waals surface area contributed by atoms with Crippen molar-refractivity contribution in [2.45, 2.75) is 46.1 Å². The predicted molar refractivity (Wildman–Crippen MR) is 110 cm³/mol. The summed E-state index contributed by atoms with van der Waals surface area (Å²) in [6.07, 6.45) is 2.36. The normalized spacial score (nSPS) is 16.8. The molecule has 1 heterocycles. The first-order valence-electron chi connectivity index (χ1n) is 9.20. The molecule has 0 bridgehead atoms. The number of ether oxygens (including phenoxy) is 1. The molecule has 0 saturated heterocycles. The van der Waals surface area contributed by atoms with Gasteiger partial charge < -0.3 is 20.3 Å². The fourth-order valence-electron chi connectivity index (χ4n) is 2.88. The van der Waals surface area contributed by atoms with Gasteiger partial charge in [0.1, 0.15) is 0 Å². The van der Waals surface area contributed by atoms with E-state index in [1.807, 2.05) is 38.2 Å². The van der Waals surface area contributed by atoms with E-state index in [0.717, 1.165) is 29.8 Å². The molecule has 0 aromatic heterocycles. The van der Waals surface area contributed by atoms with Crippen molar-refractivity contribution in [3.8, 4) is 0 Å². The SMILES string of the molecule is CCCCC(=O)Nc1ccc(C2NC(=S)N(C)C(C)=C2C(=O)OCC)cc1. The Morgan fingerprint density at radius 2 is 1.93 bits per heavy atom. The average molecular weight is 390 g/mol. The molecule has 2 N–H and O–H groups in total. The Bertz CT molecular complexity index is 743. The molecular weight excluding hydrogens is 362 g/mol. The van der Waals surface area contributed by atoms with E-state index in [4.69, 9.17) is 17.0 Å². The van der Waals surface area contributed by atoms with Gasteiger partial charge in [0.2, 0.25) is 5.91 Å². The van der Waals surface area contributed by atoms with E-state index >= 15 is 0 Å². The molecule has 1 unspecified atom stereocenters. The first-order chi connectivity index (χ1) is 12.9. The molecule has 1 amide bonds. The van der Waals surface area contributed by atoms with Crippen molar-refractivity contribution in [3.05, 3.63) is 41.1 Å². The largest absolute Gasteiger partial charge is 0.463 e. The topological polar surface area (TPSA) is 70.7 Å². The quantitative estimate of drug-likeness (QED) is 0.549. The second-order valence-electron chi connectivity index (χ2n) is 6.43. The van der Waals surface area contributed by atoms with E-state index in [1.54, 1.807) is 11.8 Å². The maximum atomic E-state index is 12.5. The molecule has 1 aliphatic rings. The maximum absolute atomic E-state index is 12.5. The number of carbonyl (C=O) groups is 2. The molecule has 6 nitrogen and oxygen atoms in total. The second kappa shape index (κ2) is 9.50. The van der Waals surface area contributed by atoms with Crippen LogP contribution in [0.15, 0.2) is 35.5 Å². The summed E-state index contributed by atoms with van der Waals surface area (Å²) in [5, 5.41) is 6.63. The maximum Gasteiger partial charge on any atom is 0.338 e. The molecule has 7 heteroatoms. The number of thiocarbonyl (C=S) groups is 1. The van der Waals surface area contributed by atoms with Crippen LogP contribution in [0.5, 0.6) is 0 Å². The van der Waals surface area contributed by atoms with Crippen LogP contribution in [-0.4, -0.2) is 35.5 Å². The zero-order chi connectivity index (χ0) is 20.0. The van der Waals surface area contributed by atoms with Crippen LogP contribution < -0.4 is 10.6 Å². The lowest BCUT2D eigenvalue weighted by molar-refractivity contribution is -0.139. The van der Waals surface area contributed by atoms with E-state index in [0.29, 0.717) is 23.7 Å². The summed E-state index contributed by atoms with van der Waals surface area (Å²) < 4.78 is 5.24. The Morgan fingerprint density at radius 1 is 1.26 bits per heavy atom. The van der Waals surface area contributed by atoms with Crippen molar-refractivity contribution >= 4 is 34.9 Å². The summed E-state index contributed by atoms with van der Waals surface area (Å²) in [5.41, 5.74) is 2.90. The van der Waals surface area contributed by atoms with Crippen LogP contribution in [0.1, 0.15) is 51.6 Å². The van der Waals surface area contributed by atoms with Gasteiger partial charge in [0.15, 0.2) is 5.11 Å². The summed E-state index contributed by atoms with van der Waals surface area (Å²) in [6, 6.07) is 7.04. The Hall–Kier alpha value is -2.41. The van der Waals surface area contributed by atoms with Gasteiger partial charge in [-0.1, -0.05) is 25.5 Å². The zero-order valence-corrected chi connectivity index (χ0v) is 17.1. The number of hydrogen-bond acceptors (Lipinski definition) is 4. The number of amides is 1. The van der Waals surface area contributed by atoms with Crippen LogP contribution in [0.25, 0.3) is 0 Å². The van der Waals surface area contributed by atoms with Gasteiger partial charge in [-0.3, -0.25) is 4.79 Å². The highest BCUT2D eigenvalue weighted by Gasteiger charge is 2.33. The molecule has 1 aromatic carbocycles. The third kappa shape index (κ3) is 5.07. The van der Waals surface area contributed by atoms with Gasteiger partial charge >= 0.3 is 5.97 Å². The molecule has 1 aliphatic heterocycles. The van der Waals surface area contributed by atoms with Crippen LogP contribution in [0.2, 0.25) is 0 Å². The predicted octanol–water partition coefficient (Wildman–Crippen LogP) is 3.51. The summed E-state index contributed by atoms with van der Waals surface area (Å²) >= 11 is 5.38. The molecule has 27 heavy (non-hydrogen) atoms. The Balaban J connectivity index is 2.25. The van der Waals surface area contributed by atoms with Gasteiger partial charge in [-0.2, -0.15) is 0 Å². The number of carbonyl (C=O) groups excluding carboxylic acids is 2. The van der Waals surface area contributed by atoms with Crippen LogP contribution in [0.4, 0.5) is 5.69 Å². The molecule has 146 valence electrons. The Labute approximate surface area is 166 Å². The van der Waals surface area contributed by atoms with Crippen molar-refractivity contribution in [1.82, 2.24) is 10.2 Å². The molecule has 1 atom stereocenters. The van der Waals surface area contributed by atoms with E-state index in [2.05, 4.69) is 17.6 Å². The molecule has 0 radical (unpaired) electrons. The minimum Gasteiger partial charge on any atom is -0.463 e. The van der Waals surface area contributed by atoms with Crippen LogP contribution >= 0.6 is 12.2 Å². The molecule has 0 fully saturated rings. The number of benzene rings is 1. The van der Waals surface area contributed by atoms with Gasteiger partial charge in [0, 0.05) is 24.9 Å². The van der Waals surface area contributed by atoms with Crippen molar-refractivity contribution in [2.75, 3.05) is 19.0 Å². The van der Waals surface area contributed by atoms with Crippen LogP contribution in [0, 0.1) is 0 Å². The Morgan fingerprint density at radius 3 is 2.52 bits per heavy atom. The smallest absolute Gasteiger partial charge is 0.338 e. The molecule has 1 aromatic rings. The number of unbranched alkanes of at least 4 members (excludes halogenated alkanes) is 1. The fraction of sp³-hybridized carbons (Fsp3) is 0.450. The monoisotopic (exact) mass is 389 g/mol. The number of nitrogens with one attached hydrogen (secondary N) is 2. The number of hydrogen-bond donors (Lipinski definition) is 2. The minimum atomic E-state index is -0.391. The lowest BCUT2D eigenvalue weighted by Crippen LogP contribution is -2.46. The van der Waals surface area contributed by atoms with Gasteiger partial charge in [-0.05, 0) is 50.2 Å². The molecule has 0 aliphatic carbocycles. The number of allylic oxidation sites excluding steroid dienone is 1. The van der Waals surface area contributed by atoms with Crippen molar-refractivity contribution in [3.63, 3.8) is 0 Å². The van der Waals surface area contributed by atoms with Gasteiger partial charge in [0.05, 0.1) is 18.2 Å². The highest BCUT2D eigenvalue weighted by atomic mass is 32.1. The van der Waals surface area contributed by atoms with Crippen LogP contribution in [0.3, 0.4) is 0 Å². The highest BCUT2D eigenvalue weighted by molar-refractivity contribution is 7.80. The summed E-state index contributed by atoms with van der Waals surface area (Å²) in [5.74, 6) is -0.357. The second-order valence-corrected chi connectivity index (χ2v) is 6.82. The standard InChI is InChI=1S/C20H27N3O3S/c1-5-7-8-16(24)21-15-11-9-14(10-12-15)18-17(19(25)26-6-2)13(3)23(4)20(27)22-18/h9-12,18H,5-8H2,1-4H3,(H,21,24)(H,22,27). The lowest BCUT2D eigenvalue weighted by Gasteiger charge is -2.35. The average Bonchev–Trinajstić information content (AvgIpc) is 2.65. The zero-order valence-electron chi connectivity index (χ0n) is 16.3. The number of rotatable bonds is 7. The molecule has 0 spiro atoms. The van der Waals surface area contributed by atoms with E-state index in [9.17, 15) is 9.59 Å². The summed E-state index contributed by atoms with van der Waals surface area (Å²) in [6.45, 7) is 6.00. The van der Waals surface area contributed by atoms with Crippen LogP contribution in [-0.2, 0) is 14.3 Å². The van der Waals surface area contributed by atoms with Gasteiger partial charge in [0.25, 0.3) is 0 Å². The van der Waals surface area contributed by atoms with E-state index in [1.165, 1.54) is 0 Å². The number of nitrogens with zero attached hydrogens (tertiary/aromatic N) is 1. The number of esters is 1.